The van der Waals surface area contributed by atoms with Gasteiger partial charge in [0, 0.05) is 12.7 Å². The molecule has 8 nitrogen and oxygen atoms in total. The molecule has 2 heterocycles. The molecule has 0 aliphatic heterocycles. The van der Waals surface area contributed by atoms with Gasteiger partial charge in [-0.05, 0) is 67.8 Å². The van der Waals surface area contributed by atoms with Crippen LogP contribution < -0.4 is 14.4 Å². The molecule has 0 bridgehead atoms. The van der Waals surface area contributed by atoms with E-state index in [0.29, 0.717) is 17.1 Å². The second-order valence-electron chi connectivity index (χ2n) is 7.59. The maximum atomic E-state index is 12.7. The third-order valence-corrected chi connectivity index (χ3v) is 8.25. The zero-order valence-corrected chi connectivity index (χ0v) is 20.6. The van der Waals surface area contributed by atoms with Crippen LogP contribution in [0.2, 0.25) is 0 Å². The van der Waals surface area contributed by atoms with E-state index < -0.39 is 10.0 Å². The molecule has 0 saturated carbocycles. The van der Waals surface area contributed by atoms with E-state index in [-0.39, 0.29) is 16.7 Å². The first-order valence-electron chi connectivity index (χ1n) is 10.4. The number of aryl methyl sites for hydroxylation is 2. The third kappa shape index (κ3) is 4.97. The summed E-state index contributed by atoms with van der Waals surface area (Å²) in [7, 11) is -2.11. The van der Waals surface area contributed by atoms with Crippen molar-refractivity contribution < 1.29 is 17.9 Å². The predicted molar refractivity (Wildman–Crippen MR) is 134 cm³/mol. The summed E-state index contributed by atoms with van der Waals surface area (Å²) >= 11 is 1.17. The van der Waals surface area contributed by atoms with E-state index in [1.807, 2.05) is 44.2 Å². The maximum absolute atomic E-state index is 12.7. The Balaban J connectivity index is 1.40. The number of nitrogens with one attached hydrogen (secondary N) is 1. The van der Waals surface area contributed by atoms with Crippen LogP contribution in [0.1, 0.15) is 11.4 Å². The molecule has 0 aliphatic rings. The minimum Gasteiger partial charge on any atom is -0.484 e. The largest absolute Gasteiger partial charge is 0.484 e. The summed E-state index contributed by atoms with van der Waals surface area (Å²) < 4.78 is 34.2. The van der Waals surface area contributed by atoms with E-state index in [0.717, 1.165) is 17.1 Å². The number of nitrogens with zero attached hydrogens (tertiary/aromatic N) is 3. The molecule has 0 radical (unpaired) electrons. The number of carbonyl (C=O) groups excluding carboxylic acids is 1. The smallest absolute Gasteiger partial charge is 0.273 e. The number of ether oxygens (including phenoxy) is 1. The second kappa shape index (κ2) is 9.70. The van der Waals surface area contributed by atoms with Crippen molar-refractivity contribution in [3.63, 3.8) is 0 Å². The molecular formula is C24H24N4O4S2. The molecule has 34 heavy (non-hydrogen) atoms. The summed E-state index contributed by atoms with van der Waals surface area (Å²) in [6, 6.07) is 19.2. The second-order valence-corrected chi connectivity index (χ2v) is 10.7. The highest BCUT2D eigenvalue weighted by Gasteiger charge is 2.22. The fourth-order valence-corrected chi connectivity index (χ4v) is 5.76. The lowest BCUT2D eigenvalue weighted by Gasteiger charge is -2.18. The molecule has 0 atom stereocenters. The highest BCUT2D eigenvalue weighted by molar-refractivity contribution is 7.94. The number of hydrogen-bond donors (Lipinski definition) is 1. The predicted octanol–water partition coefficient (Wildman–Crippen LogP) is 4.39. The Morgan fingerprint density at radius 2 is 1.82 bits per heavy atom. The number of thiophene rings is 1. The van der Waals surface area contributed by atoms with E-state index in [4.69, 9.17) is 4.74 Å². The molecule has 0 aliphatic carbocycles. The number of rotatable bonds is 8. The van der Waals surface area contributed by atoms with E-state index in [1.54, 1.807) is 46.5 Å². The van der Waals surface area contributed by atoms with Crippen LogP contribution in [0.3, 0.4) is 0 Å². The topological polar surface area (TPSA) is 93.5 Å². The molecule has 0 saturated heterocycles. The van der Waals surface area contributed by atoms with Crippen molar-refractivity contribution in [2.24, 2.45) is 0 Å². The van der Waals surface area contributed by atoms with Gasteiger partial charge in [0.15, 0.2) is 6.61 Å². The van der Waals surface area contributed by atoms with E-state index in [9.17, 15) is 13.2 Å². The number of anilines is 2. The summed E-state index contributed by atoms with van der Waals surface area (Å²) in [5.74, 6) is 0.128. The third-order valence-electron chi connectivity index (χ3n) is 5.10. The Labute approximate surface area is 202 Å². The minimum atomic E-state index is -3.61. The number of para-hydroxylation sites is 2. The van der Waals surface area contributed by atoms with Crippen molar-refractivity contribution in [2.75, 3.05) is 23.3 Å². The maximum Gasteiger partial charge on any atom is 0.273 e. The molecule has 0 spiro atoms. The van der Waals surface area contributed by atoms with Gasteiger partial charge >= 0.3 is 0 Å². The van der Waals surface area contributed by atoms with Crippen molar-refractivity contribution in [1.29, 1.82) is 0 Å². The van der Waals surface area contributed by atoms with Crippen LogP contribution in [0.4, 0.5) is 11.4 Å². The lowest BCUT2D eigenvalue weighted by Crippen LogP contribution is -2.25. The molecule has 4 aromatic rings. The van der Waals surface area contributed by atoms with Crippen molar-refractivity contribution in [3.05, 3.63) is 83.5 Å². The van der Waals surface area contributed by atoms with Crippen LogP contribution in [-0.4, -0.2) is 37.8 Å². The SMILES string of the molecule is Cc1cc(C)n(-c2ccccc2NC(=O)COc2ccc(N(C)S(=O)(=O)c3cccs3)cc2)n1. The minimum absolute atomic E-state index is 0.200. The summed E-state index contributed by atoms with van der Waals surface area (Å²) in [4.78, 5) is 12.5. The van der Waals surface area contributed by atoms with Crippen molar-refractivity contribution in [1.82, 2.24) is 9.78 Å². The molecule has 10 heteroatoms. The van der Waals surface area contributed by atoms with Gasteiger partial charge in [0.1, 0.15) is 9.96 Å². The number of hydrogen-bond acceptors (Lipinski definition) is 6. The van der Waals surface area contributed by atoms with Crippen LogP contribution in [0.25, 0.3) is 5.69 Å². The number of amides is 1. The average molecular weight is 497 g/mol. The molecule has 1 N–H and O–H groups in total. The lowest BCUT2D eigenvalue weighted by molar-refractivity contribution is -0.118. The Morgan fingerprint density at radius 1 is 1.09 bits per heavy atom. The molecule has 2 aromatic carbocycles. The highest BCUT2D eigenvalue weighted by atomic mass is 32.2. The zero-order valence-electron chi connectivity index (χ0n) is 18.9. The van der Waals surface area contributed by atoms with Gasteiger partial charge in [0.05, 0.1) is 22.8 Å². The summed E-state index contributed by atoms with van der Waals surface area (Å²) in [5, 5.41) is 9.08. The van der Waals surface area contributed by atoms with Gasteiger partial charge in [0.25, 0.3) is 15.9 Å². The van der Waals surface area contributed by atoms with Crippen molar-refractivity contribution in [2.45, 2.75) is 18.1 Å². The first-order chi connectivity index (χ1) is 16.3. The molecule has 0 fully saturated rings. The van der Waals surface area contributed by atoms with E-state index >= 15 is 0 Å². The number of aromatic nitrogens is 2. The van der Waals surface area contributed by atoms with Gasteiger partial charge in [-0.2, -0.15) is 5.10 Å². The summed E-state index contributed by atoms with van der Waals surface area (Å²) in [6.07, 6.45) is 0. The van der Waals surface area contributed by atoms with Gasteiger partial charge in [-0.25, -0.2) is 13.1 Å². The fourth-order valence-electron chi connectivity index (χ4n) is 3.41. The van der Waals surface area contributed by atoms with Crippen LogP contribution in [0.15, 0.2) is 76.3 Å². The fraction of sp³-hybridized carbons (Fsp3) is 0.167. The van der Waals surface area contributed by atoms with Crippen molar-refractivity contribution >= 4 is 38.6 Å². The van der Waals surface area contributed by atoms with Gasteiger partial charge < -0.3 is 10.1 Å². The quantitative estimate of drug-likeness (QED) is 0.390. The van der Waals surface area contributed by atoms with Crippen molar-refractivity contribution in [3.8, 4) is 11.4 Å². The first-order valence-corrected chi connectivity index (χ1v) is 12.8. The van der Waals surface area contributed by atoms with Gasteiger partial charge in [-0.1, -0.05) is 18.2 Å². The molecule has 4 rings (SSSR count). The summed E-state index contributed by atoms with van der Waals surface area (Å²) in [6.45, 7) is 3.67. The standard InChI is InChI=1S/C24H24N4O4S2/c1-17-15-18(2)28(26-17)22-8-5-4-7-21(22)25-23(29)16-32-20-12-10-19(11-13-20)27(3)34(30,31)24-9-6-14-33-24/h4-15H,16H2,1-3H3,(H,25,29). The van der Waals surface area contributed by atoms with E-state index in [1.165, 1.54) is 22.7 Å². The Morgan fingerprint density at radius 3 is 2.47 bits per heavy atom. The van der Waals surface area contributed by atoms with E-state index in [2.05, 4.69) is 10.4 Å². The van der Waals surface area contributed by atoms with Crippen LogP contribution in [0, 0.1) is 13.8 Å². The van der Waals surface area contributed by atoms with Gasteiger partial charge in [0.2, 0.25) is 0 Å². The first kappa shape index (κ1) is 23.5. The Kier molecular flexibility index (Phi) is 6.71. The lowest BCUT2D eigenvalue weighted by atomic mass is 10.2. The van der Waals surface area contributed by atoms with Gasteiger partial charge in [-0.15, -0.1) is 11.3 Å². The average Bonchev–Trinajstić information content (AvgIpc) is 3.48. The molecule has 0 unspecified atom stereocenters. The van der Waals surface area contributed by atoms with Crippen LogP contribution in [0.5, 0.6) is 5.75 Å². The molecule has 2 aromatic heterocycles. The molecular weight excluding hydrogens is 472 g/mol. The molecule has 176 valence electrons. The Bertz CT molecular complexity index is 1400. The highest BCUT2D eigenvalue weighted by Crippen LogP contribution is 2.27. The zero-order chi connectivity index (χ0) is 24.3. The van der Waals surface area contributed by atoms with Crippen LogP contribution in [-0.2, 0) is 14.8 Å². The Hall–Kier alpha value is -3.63. The number of carbonyl (C=O) groups is 1. The van der Waals surface area contributed by atoms with Gasteiger partial charge in [-0.3, -0.25) is 9.10 Å². The number of sulfonamides is 1. The molecule has 1 amide bonds. The summed E-state index contributed by atoms with van der Waals surface area (Å²) in [5.41, 5.74) is 3.73. The van der Waals surface area contributed by atoms with Crippen LogP contribution >= 0.6 is 11.3 Å². The monoisotopic (exact) mass is 496 g/mol. The number of benzene rings is 2. The normalized spacial score (nSPS) is 11.3.